The number of aliphatic carboxylic acids is 1. The third kappa shape index (κ3) is 8.76. The summed E-state index contributed by atoms with van der Waals surface area (Å²) in [5.41, 5.74) is 1.40. The molecule has 0 radical (unpaired) electrons. The minimum absolute atomic E-state index is 0. The Labute approximate surface area is 238 Å². The van der Waals surface area contributed by atoms with Gasteiger partial charge in [0, 0.05) is 29.1 Å². The van der Waals surface area contributed by atoms with Gasteiger partial charge in [-0.15, -0.1) is 35.5 Å². The van der Waals surface area contributed by atoms with E-state index >= 15 is 0 Å². The van der Waals surface area contributed by atoms with Crippen LogP contribution in [0.2, 0.25) is 0 Å². The van der Waals surface area contributed by atoms with Crippen molar-refractivity contribution in [2.24, 2.45) is 0 Å². The van der Waals surface area contributed by atoms with Gasteiger partial charge in [0.05, 0.1) is 24.1 Å². The number of thioether (sulfide) groups is 1. The van der Waals surface area contributed by atoms with Crippen LogP contribution in [0.1, 0.15) is 36.4 Å². The molecule has 2 N–H and O–H groups in total. The first-order valence-corrected chi connectivity index (χ1v) is 13.3. The number of carbonyl (C=O) groups is 1. The van der Waals surface area contributed by atoms with Crippen molar-refractivity contribution in [3.8, 4) is 0 Å². The Hall–Kier alpha value is -2.99. The highest BCUT2D eigenvalue weighted by Gasteiger charge is 2.30. The number of halogens is 4. The first-order valence-electron chi connectivity index (χ1n) is 11.6. The number of hydrogen-bond donors (Lipinski definition) is 2. The summed E-state index contributed by atoms with van der Waals surface area (Å²) in [4.78, 5) is 19.0. The summed E-state index contributed by atoms with van der Waals surface area (Å²) in [5, 5.41) is 14.7. The topological polar surface area (TPSA) is 78.6 Å². The van der Waals surface area contributed by atoms with Crippen LogP contribution in [0.4, 0.5) is 24.0 Å². The van der Waals surface area contributed by atoms with Gasteiger partial charge in [0.2, 0.25) is 0 Å². The lowest BCUT2D eigenvalue weighted by atomic mass is 10.2. The zero-order chi connectivity index (χ0) is 27.3. The monoisotopic (exact) mass is 597 g/mol. The maximum Gasteiger partial charge on any atom is 0.416 e. The molecule has 208 valence electrons. The standard InChI is InChI=1S/C27H26F3N3O3S2.ClH/c1-26(2,24(34)35)38-23-10-8-18(9-11-23)14-33(16-22-7-4-12-36-22)15-21-17-37-25(32-21)31-20-6-3-5-19(13-20)27(28,29)30;/h3-13,17H,14-16H2,1-2H3,(H,31,32)(H,34,35);1H. The van der Waals surface area contributed by atoms with Crippen LogP contribution < -0.4 is 5.32 Å². The number of benzene rings is 2. The molecule has 12 heteroatoms. The van der Waals surface area contributed by atoms with E-state index in [4.69, 9.17) is 4.42 Å². The summed E-state index contributed by atoms with van der Waals surface area (Å²) < 4.78 is 43.7. The van der Waals surface area contributed by atoms with Gasteiger partial charge in [-0.2, -0.15) is 13.2 Å². The van der Waals surface area contributed by atoms with Crippen molar-refractivity contribution < 1.29 is 27.5 Å². The van der Waals surface area contributed by atoms with Gasteiger partial charge in [0.1, 0.15) is 10.5 Å². The van der Waals surface area contributed by atoms with E-state index in [9.17, 15) is 23.1 Å². The molecular formula is C27H27ClF3N3O3S2. The van der Waals surface area contributed by atoms with Gasteiger partial charge in [0.25, 0.3) is 0 Å². The summed E-state index contributed by atoms with van der Waals surface area (Å²) >= 11 is 2.61. The molecule has 2 aromatic carbocycles. The van der Waals surface area contributed by atoms with Gasteiger partial charge >= 0.3 is 12.1 Å². The summed E-state index contributed by atoms with van der Waals surface area (Å²) in [7, 11) is 0. The van der Waals surface area contributed by atoms with Crippen molar-refractivity contribution in [3.63, 3.8) is 0 Å². The smallest absolute Gasteiger partial charge is 0.416 e. The van der Waals surface area contributed by atoms with Crippen molar-refractivity contribution in [3.05, 3.63) is 94.9 Å². The molecule has 0 aliphatic heterocycles. The van der Waals surface area contributed by atoms with Gasteiger partial charge in [-0.3, -0.25) is 9.69 Å². The maximum atomic E-state index is 13.0. The van der Waals surface area contributed by atoms with Crippen LogP contribution in [0.15, 0.2) is 81.6 Å². The van der Waals surface area contributed by atoms with Gasteiger partial charge in [-0.05, 0) is 61.9 Å². The van der Waals surface area contributed by atoms with E-state index in [0.29, 0.717) is 30.5 Å². The number of carboxylic acids is 1. The molecule has 2 heterocycles. The predicted octanol–water partition coefficient (Wildman–Crippen LogP) is 8.08. The number of hydrogen-bond acceptors (Lipinski definition) is 7. The van der Waals surface area contributed by atoms with Crippen molar-refractivity contribution >= 4 is 52.3 Å². The normalized spacial score (nSPS) is 11.8. The van der Waals surface area contributed by atoms with E-state index in [1.807, 2.05) is 41.8 Å². The average molecular weight is 598 g/mol. The highest BCUT2D eigenvalue weighted by molar-refractivity contribution is 8.01. The van der Waals surface area contributed by atoms with E-state index in [2.05, 4.69) is 15.2 Å². The van der Waals surface area contributed by atoms with Gasteiger partial charge in [-0.1, -0.05) is 18.2 Å². The molecule has 0 bridgehead atoms. The Kier molecular flexibility index (Phi) is 10.1. The van der Waals surface area contributed by atoms with Crippen LogP contribution in [-0.2, 0) is 30.6 Å². The quantitative estimate of drug-likeness (QED) is 0.169. The van der Waals surface area contributed by atoms with Crippen molar-refractivity contribution in [2.75, 3.05) is 5.32 Å². The van der Waals surface area contributed by atoms with E-state index in [1.165, 1.54) is 29.2 Å². The van der Waals surface area contributed by atoms with Gasteiger partial charge < -0.3 is 14.8 Å². The highest BCUT2D eigenvalue weighted by Crippen LogP contribution is 2.33. The molecule has 4 aromatic rings. The molecule has 0 unspecified atom stereocenters. The summed E-state index contributed by atoms with van der Waals surface area (Å²) in [6.07, 6.45) is -2.80. The third-order valence-electron chi connectivity index (χ3n) is 5.56. The van der Waals surface area contributed by atoms with Crippen LogP contribution in [0.3, 0.4) is 0 Å². The predicted molar refractivity (Wildman–Crippen MR) is 150 cm³/mol. The number of furan rings is 1. The number of nitrogens with one attached hydrogen (secondary N) is 1. The highest BCUT2D eigenvalue weighted by atomic mass is 35.5. The average Bonchev–Trinajstić information content (AvgIpc) is 3.52. The Morgan fingerprint density at radius 2 is 1.82 bits per heavy atom. The lowest BCUT2D eigenvalue weighted by molar-refractivity contribution is -0.139. The zero-order valence-corrected chi connectivity index (χ0v) is 23.5. The molecule has 4 rings (SSSR count). The largest absolute Gasteiger partial charge is 0.480 e. The molecule has 0 amide bonds. The lowest BCUT2D eigenvalue weighted by Crippen LogP contribution is -2.26. The maximum absolute atomic E-state index is 13.0. The first kappa shape index (κ1) is 30.6. The lowest BCUT2D eigenvalue weighted by Gasteiger charge is -2.21. The van der Waals surface area contributed by atoms with Crippen molar-refractivity contribution in [1.29, 1.82) is 0 Å². The summed E-state index contributed by atoms with van der Waals surface area (Å²) in [5.74, 6) is -0.0840. The second-order valence-corrected chi connectivity index (χ2v) is 11.7. The molecule has 0 spiro atoms. The first-order chi connectivity index (χ1) is 18.0. The molecule has 6 nitrogen and oxygen atoms in total. The van der Waals surface area contributed by atoms with Gasteiger partial charge in [0.15, 0.2) is 5.13 Å². The molecule has 0 fully saturated rings. The molecule has 0 aliphatic rings. The summed E-state index contributed by atoms with van der Waals surface area (Å²) in [6.45, 7) is 4.95. The molecule has 0 aliphatic carbocycles. The number of anilines is 2. The summed E-state index contributed by atoms with van der Waals surface area (Å²) in [6, 6.07) is 16.5. The van der Waals surface area contributed by atoms with Crippen LogP contribution >= 0.6 is 35.5 Å². The second-order valence-electron chi connectivity index (χ2n) is 9.13. The fraction of sp³-hybridized carbons (Fsp3) is 0.259. The van der Waals surface area contributed by atoms with E-state index in [-0.39, 0.29) is 12.4 Å². The minimum atomic E-state index is -4.42. The molecule has 0 saturated carbocycles. The molecule has 0 atom stereocenters. The SMILES string of the molecule is CC(C)(Sc1ccc(CN(Cc2csc(Nc3cccc(C(F)(F)F)c3)n2)Cc2ccco2)cc1)C(=O)O.Cl. The van der Waals surface area contributed by atoms with Crippen LogP contribution in [0, 0.1) is 0 Å². The third-order valence-corrected chi connectivity index (χ3v) is 7.55. The van der Waals surface area contributed by atoms with E-state index in [1.54, 1.807) is 26.2 Å². The van der Waals surface area contributed by atoms with Crippen molar-refractivity contribution in [1.82, 2.24) is 9.88 Å². The molecule has 0 saturated heterocycles. The Balaban J connectivity index is 0.00000420. The number of alkyl halides is 3. The Morgan fingerprint density at radius 3 is 2.46 bits per heavy atom. The van der Waals surface area contributed by atoms with E-state index < -0.39 is 22.5 Å². The Bertz CT molecular complexity index is 1360. The number of carboxylic acid groups (broad SMARTS) is 1. The number of rotatable bonds is 11. The number of nitrogens with zero attached hydrogens (tertiary/aromatic N) is 2. The Morgan fingerprint density at radius 1 is 1.08 bits per heavy atom. The van der Waals surface area contributed by atoms with Crippen LogP contribution in [0.5, 0.6) is 0 Å². The van der Waals surface area contributed by atoms with E-state index in [0.717, 1.165) is 34.0 Å². The van der Waals surface area contributed by atoms with Crippen LogP contribution in [-0.4, -0.2) is 25.7 Å². The number of aromatic nitrogens is 1. The fourth-order valence-electron chi connectivity index (χ4n) is 3.61. The number of thiazole rings is 1. The van der Waals surface area contributed by atoms with Crippen molar-refractivity contribution in [2.45, 2.75) is 49.3 Å². The molecule has 39 heavy (non-hydrogen) atoms. The minimum Gasteiger partial charge on any atom is -0.480 e. The zero-order valence-electron chi connectivity index (χ0n) is 21.1. The fourth-order valence-corrected chi connectivity index (χ4v) is 5.28. The van der Waals surface area contributed by atoms with Gasteiger partial charge in [-0.25, -0.2) is 4.98 Å². The molecule has 2 aromatic heterocycles. The molecular weight excluding hydrogens is 571 g/mol. The van der Waals surface area contributed by atoms with Crippen LogP contribution in [0.25, 0.3) is 0 Å². The second kappa shape index (κ2) is 12.9.